The van der Waals surface area contributed by atoms with Crippen LogP contribution < -0.4 is 0 Å². The Bertz CT molecular complexity index is 680. The molecule has 0 fully saturated rings. The van der Waals surface area contributed by atoms with Gasteiger partial charge in [0.2, 0.25) is 0 Å². The summed E-state index contributed by atoms with van der Waals surface area (Å²) in [4.78, 5) is 20.8. The van der Waals surface area contributed by atoms with Crippen molar-refractivity contribution in [2.45, 2.75) is 58.3 Å². The van der Waals surface area contributed by atoms with Gasteiger partial charge in [0.1, 0.15) is 0 Å². The second kappa shape index (κ2) is 8.72. The first-order valence-corrected chi connectivity index (χ1v) is 9.06. The van der Waals surface area contributed by atoms with Crippen molar-refractivity contribution in [3.8, 4) is 0 Å². The third kappa shape index (κ3) is 4.73. The van der Waals surface area contributed by atoms with Crippen molar-refractivity contribution < 1.29 is 9.53 Å². The van der Waals surface area contributed by atoms with Gasteiger partial charge in [-0.05, 0) is 48.9 Å². The molecule has 0 N–H and O–H groups in total. The van der Waals surface area contributed by atoms with Crippen LogP contribution in [0.25, 0.3) is 0 Å². The van der Waals surface area contributed by atoms with Crippen LogP contribution in [0.4, 0.5) is 0 Å². The minimum Gasteiger partial charge on any atom is -0.457 e. The van der Waals surface area contributed by atoms with Crippen LogP contribution in [0.1, 0.15) is 42.5 Å². The number of rotatable bonds is 8. The third-order valence-corrected chi connectivity index (χ3v) is 4.11. The second-order valence-electron chi connectivity index (χ2n) is 5.34. The predicted octanol–water partition coefficient (Wildman–Crippen LogP) is 1.89. The normalized spacial score (nSPS) is 10.8. The summed E-state index contributed by atoms with van der Waals surface area (Å²) in [5, 5.41) is 12.1. The van der Waals surface area contributed by atoms with Crippen LogP contribution in [-0.2, 0) is 29.1 Å². The Morgan fingerprint density at radius 3 is 2.58 bits per heavy atom. The Kier molecular flexibility index (Phi) is 6.65. The molecular formula is C15H22N6O2S. The molecule has 0 saturated heterocycles. The molecule has 130 valence electrons. The van der Waals surface area contributed by atoms with Gasteiger partial charge in [0.05, 0.1) is 0 Å². The summed E-state index contributed by atoms with van der Waals surface area (Å²) in [5.74, 6) is 0.277. The Morgan fingerprint density at radius 2 is 1.96 bits per heavy atom. The van der Waals surface area contributed by atoms with Gasteiger partial charge >= 0.3 is 5.97 Å². The highest BCUT2D eigenvalue weighted by atomic mass is 32.2. The van der Waals surface area contributed by atoms with Gasteiger partial charge in [-0.2, -0.15) is 0 Å². The van der Waals surface area contributed by atoms with Gasteiger partial charge in [0.25, 0.3) is 0 Å². The van der Waals surface area contributed by atoms with Gasteiger partial charge in [0, 0.05) is 24.4 Å². The lowest BCUT2D eigenvalue weighted by molar-refractivity contribution is -0.145. The fourth-order valence-corrected chi connectivity index (χ4v) is 2.77. The van der Waals surface area contributed by atoms with Crippen LogP contribution in [0.3, 0.4) is 0 Å². The molecule has 0 aromatic carbocycles. The molecule has 8 nitrogen and oxygen atoms in total. The Balaban J connectivity index is 1.88. The minimum atomic E-state index is -0.284. The molecule has 0 spiro atoms. The fraction of sp³-hybridized carbons (Fsp3) is 0.600. The molecule has 24 heavy (non-hydrogen) atoms. The zero-order valence-electron chi connectivity index (χ0n) is 14.4. The molecule has 0 amide bonds. The van der Waals surface area contributed by atoms with Crippen molar-refractivity contribution in [1.29, 1.82) is 0 Å². The maximum absolute atomic E-state index is 12.0. The van der Waals surface area contributed by atoms with E-state index in [1.54, 1.807) is 4.68 Å². The average molecular weight is 350 g/mol. The van der Waals surface area contributed by atoms with Crippen LogP contribution >= 0.6 is 11.8 Å². The number of aryl methyl sites for hydroxylation is 3. The lowest BCUT2D eigenvalue weighted by atomic mass is 10.1. The first kappa shape index (κ1) is 18.3. The summed E-state index contributed by atoms with van der Waals surface area (Å²) in [5.41, 5.74) is 2.82. The highest BCUT2D eigenvalue weighted by molar-refractivity contribution is 7.98. The van der Waals surface area contributed by atoms with Crippen molar-refractivity contribution in [3.63, 3.8) is 0 Å². The van der Waals surface area contributed by atoms with Gasteiger partial charge in [-0.3, -0.25) is 4.79 Å². The van der Waals surface area contributed by atoms with Crippen molar-refractivity contribution >= 4 is 17.7 Å². The molecule has 0 aliphatic rings. The molecular weight excluding hydrogens is 328 g/mol. The van der Waals surface area contributed by atoms with Crippen molar-refractivity contribution in [3.05, 3.63) is 22.8 Å². The molecule has 2 rings (SSSR count). The highest BCUT2D eigenvalue weighted by Crippen LogP contribution is 2.17. The molecule has 9 heteroatoms. The number of esters is 1. The van der Waals surface area contributed by atoms with E-state index in [0.717, 1.165) is 28.5 Å². The molecule has 0 radical (unpaired) electrons. The summed E-state index contributed by atoms with van der Waals surface area (Å²) >= 11 is 1.51. The SMILES string of the molecule is CCCn1nnnc1COC(=O)CCc1c(C)nc(SC)nc1C. The summed E-state index contributed by atoms with van der Waals surface area (Å²) in [6.07, 6.45) is 3.69. The van der Waals surface area contributed by atoms with Crippen LogP contribution in [0.15, 0.2) is 5.16 Å². The molecule has 2 heterocycles. The van der Waals surface area contributed by atoms with E-state index in [9.17, 15) is 4.79 Å². The lowest BCUT2D eigenvalue weighted by Gasteiger charge is -2.10. The minimum absolute atomic E-state index is 0.0890. The molecule has 0 aliphatic heterocycles. The van der Waals surface area contributed by atoms with E-state index in [0.29, 0.717) is 18.8 Å². The average Bonchev–Trinajstić information content (AvgIpc) is 2.99. The van der Waals surface area contributed by atoms with Crippen LogP contribution in [0.5, 0.6) is 0 Å². The van der Waals surface area contributed by atoms with E-state index in [1.807, 2.05) is 27.0 Å². The van der Waals surface area contributed by atoms with Gasteiger partial charge in [-0.1, -0.05) is 18.7 Å². The molecule has 2 aromatic heterocycles. The zero-order chi connectivity index (χ0) is 17.5. The number of carbonyl (C=O) groups is 1. The van der Waals surface area contributed by atoms with Crippen molar-refractivity contribution in [1.82, 2.24) is 30.2 Å². The van der Waals surface area contributed by atoms with Crippen LogP contribution in [0, 0.1) is 13.8 Å². The Labute approximate surface area is 145 Å². The zero-order valence-corrected chi connectivity index (χ0v) is 15.3. The number of hydrogen-bond donors (Lipinski definition) is 0. The summed E-state index contributed by atoms with van der Waals surface area (Å²) in [6, 6.07) is 0. The van der Waals surface area contributed by atoms with Crippen LogP contribution in [0.2, 0.25) is 0 Å². The quantitative estimate of drug-likeness (QED) is 0.404. The van der Waals surface area contributed by atoms with Gasteiger partial charge in [-0.25, -0.2) is 14.6 Å². The van der Waals surface area contributed by atoms with Gasteiger partial charge in [-0.15, -0.1) is 5.10 Å². The first-order chi connectivity index (χ1) is 11.5. The Morgan fingerprint density at radius 1 is 1.25 bits per heavy atom. The van der Waals surface area contributed by atoms with Gasteiger partial charge in [0.15, 0.2) is 17.6 Å². The standard InChI is InChI=1S/C15H22N6O2S/c1-5-8-21-13(18-19-20-21)9-23-14(22)7-6-12-10(2)16-15(24-4)17-11(12)3/h5-9H2,1-4H3. The number of hydrogen-bond acceptors (Lipinski definition) is 8. The number of aromatic nitrogens is 6. The van der Waals surface area contributed by atoms with Crippen LogP contribution in [-0.4, -0.2) is 42.4 Å². The van der Waals surface area contributed by atoms with E-state index in [2.05, 4.69) is 25.5 Å². The molecule has 0 bridgehead atoms. The van der Waals surface area contributed by atoms with Gasteiger partial charge < -0.3 is 4.74 Å². The van der Waals surface area contributed by atoms with Crippen molar-refractivity contribution in [2.75, 3.05) is 6.26 Å². The maximum Gasteiger partial charge on any atom is 0.306 e. The summed E-state index contributed by atoms with van der Waals surface area (Å²) in [6.45, 7) is 6.71. The third-order valence-electron chi connectivity index (χ3n) is 3.57. The van der Waals surface area contributed by atoms with E-state index in [4.69, 9.17) is 4.74 Å². The number of nitrogens with zero attached hydrogens (tertiary/aromatic N) is 6. The summed E-state index contributed by atoms with van der Waals surface area (Å²) in [7, 11) is 0. The highest BCUT2D eigenvalue weighted by Gasteiger charge is 2.13. The number of ether oxygens (including phenoxy) is 1. The summed E-state index contributed by atoms with van der Waals surface area (Å²) < 4.78 is 6.92. The Hall–Kier alpha value is -2.03. The number of thioether (sulfide) groups is 1. The van der Waals surface area contributed by atoms with E-state index in [-0.39, 0.29) is 19.0 Å². The first-order valence-electron chi connectivity index (χ1n) is 7.83. The molecule has 0 aliphatic carbocycles. The number of carbonyl (C=O) groups excluding carboxylic acids is 1. The predicted molar refractivity (Wildman–Crippen MR) is 89.5 cm³/mol. The fourth-order valence-electron chi connectivity index (χ4n) is 2.32. The lowest BCUT2D eigenvalue weighted by Crippen LogP contribution is -2.12. The molecule has 0 saturated carbocycles. The number of tetrazole rings is 1. The van der Waals surface area contributed by atoms with E-state index < -0.39 is 0 Å². The smallest absolute Gasteiger partial charge is 0.306 e. The topological polar surface area (TPSA) is 95.7 Å². The molecule has 0 unspecified atom stereocenters. The monoisotopic (exact) mass is 350 g/mol. The molecule has 0 atom stereocenters. The van der Waals surface area contributed by atoms with E-state index >= 15 is 0 Å². The second-order valence-corrected chi connectivity index (χ2v) is 6.11. The van der Waals surface area contributed by atoms with Crippen molar-refractivity contribution in [2.24, 2.45) is 0 Å². The maximum atomic E-state index is 12.0. The van der Waals surface area contributed by atoms with E-state index in [1.165, 1.54) is 11.8 Å². The largest absolute Gasteiger partial charge is 0.457 e. The molecule has 2 aromatic rings.